The van der Waals surface area contributed by atoms with Crippen LogP contribution in [-0.2, 0) is 10.3 Å². The molecule has 0 spiro atoms. The molecule has 2 heteroatoms. The summed E-state index contributed by atoms with van der Waals surface area (Å²) in [6.07, 6.45) is -0.237. The molecule has 3 aromatic carbocycles. The lowest BCUT2D eigenvalue weighted by atomic mass is 9.85. The predicted molar refractivity (Wildman–Crippen MR) is 89.2 cm³/mol. The van der Waals surface area contributed by atoms with Crippen molar-refractivity contribution in [1.82, 2.24) is 0 Å². The van der Waals surface area contributed by atoms with Gasteiger partial charge in [-0.3, -0.25) is 4.79 Å². The SMILES string of the molecule is O=C(c1ccccc1)[C@]1(c2ccccc2)O[C@H]1c1ccccc1. The summed E-state index contributed by atoms with van der Waals surface area (Å²) in [6, 6.07) is 29.0. The van der Waals surface area contributed by atoms with E-state index in [0.29, 0.717) is 5.56 Å². The normalized spacial score (nSPS) is 22.5. The number of epoxide rings is 1. The van der Waals surface area contributed by atoms with Crippen molar-refractivity contribution < 1.29 is 9.53 Å². The van der Waals surface area contributed by atoms with Crippen LogP contribution >= 0.6 is 0 Å². The Bertz CT molecular complexity index is 812. The van der Waals surface area contributed by atoms with Crippen LogP contribution in [-0.4, -0.2) is 5.78 Å². The van der Waals surface area contributed by atoms with Crippen LogP contribution in [0.4, 0.5) is 0 Å². The third kappa shape index (κ3) is 2.28. The molecule has 0 aliphatic carbocycles. The highest BCUT2D eigenvalue weighted by Gasteiger charge is 2.64. The van der Waals surface area contributed by atoms with Gasteiger partial charge in [-0.15, -0.1) is 0 Å². The Morgan fingerprint density at radius 1 is 0.739 bits per heavy atom. The van der Waals surface area contributed by atoms with Gasteiger partial charge in [0.2, 0.25) is 5.78 Å². The second kappa shape index (κ2) is 5.49. The van der Waals surface area contributed by atoms with Crippen LogP contribution in [0.5, 0.6) is 0 Å². The van der Waals surface area contributed by atoms with Gasteiger partial charge in [0, 0.05) is 5.56 Å². The molecule has 112 valence electrons. The van der Waals surface area contributed by atoms with E-state index in [9.17, 15) is 4.79 Å². The van der Waals surface area contributed by atoms with Crippen LogP contribution in [0.25, 0.3) is 0 Å². The molecular weight excluding hydrogens is 284 g/mol. The van der Waals surface area contributed by atoms with Crippen LogP contribution in [0.15, 0.2) is 91.0 Å². The first kappa shape index (κ1) is 13.9. The first-order valence-electron chi connectivity index (χ1n) is 7.70. The lowest BCUT2D eigenvalue weighted by Crippen LogP contribution is -2.23. The molecule has 3 aromatic rings. The largest absolute Gasteiger partial charge is 0.347 e. The third-order valence-corrected chi connectivity index (χ3v) is 4.29. The van der Waals surface area contributed by atoms with Gasteiger partial charge in [-0.25, -0.2) is 0 Å². The van der Waals surface area contributed by atoms with Gasteiger partial charge in [0.25, 0.3) is 0 Å². The molecule has 0 bridgehead atoms. The molecule has 0 unspecified atom stereocenters. The zero-order valence-corrected chi connectivity index (χ0v) is 12.6. The maximum absolute atomic E-state index is 13.2. The number of Topliss-reactive ketones (excluding diaryl/α,β-unsaturated/α-hetero) is 1. The smallest absolute Gasteiger partial charge is 0.202 e. The second-order valence-electron chi connectivity index (χ2n) is 5.71. The fraction of sp³-hybridized carbons (Fsp3) is 0.0952. The van der Waals surface area contributed by atoms with E-state index in [1.54, 1.807) is 0 Å². The van der Waals surface area contributed by atoms with Crippen LogP contribution in [0.2, 0.25) is 0 Å². The van der Waals surface area contributed by atoms with Crippen LogP contribution in [0.1, 0.15) is 27.6 Å². The Balaban J connectivity index is 1.80. The fourth-order valence-electron chi connectivity index (χ4n) is 3.10. The Kier molecular flexibility index (Phi) is 3.32. The van der Waals surface area contributed by atoms with Crippen LogP contribution in [0, 0.1) is 0 Å². The monoisotopic (exact) mass is 300 g/mol. The molecular formula is C21H16O2. The van der Waals surface area contributed by atoms with Gasteiger partial charge in [-0.2, -0.15) is 0 Å². The van der Waals surface area contributed by atoms with Gasteiger partial charge in [-0.05, 0) is 11.1 Å². The Morgan fingerprint density at radius 3 is 1.87 bits per heavy atom. The minimum atomic E-state index is -0.913. The number of carbonyl (C=O) groups excluding carboxylic acids is 1. The van der Waals surface area contributed by atoms with E-state index < -0.39 is 5.60 Å². The minimum absolute atomic E-state index is 0.0122. The van der Waals surface area contributed by atoms with Crippen LogP contribution in [0.3, 0.4) is 0 Å². The quantitative estimate of drug-likeness (QED) is 0.523. The van der Waals surface area contributed by atoms with Gasteiger partial charge < -0.3 is 4.74 Å². The van der Waals surface area contributed by atoms with E-state index in [1.165, 1.54) is 0 Å². The topological polar surface area (TPSA) is 29.6 Å². The van der Waals surface area contributed by atoms with Crippen molar-refractivity contribution in [3.63, 3.8) is 0 Å². The maximum atomic E-state index is 13.2. The summed E-state index contributed by atoms with van der Waals surface area (Å²) in [6.45, 7) is 0. The highest BCUT2D eigenvalue weighted by molar-refractivity contribution is 6.05. The second-order valence-corrected chi connectivity index (χ2v) is 5.71. The summed E-state index contributed by atoms with van der Waals surface area (Å²) in [5.41, 5.74) is 1.70. The molecule has 1 saturated heterocycles. The summed E-state index contributed by atoms with van der Waals surface area (Å²) >= 11 is 0. The van der Waals surface area contributed by atoms with Gasteiger partial charge in [0.1, 0.15) is 6.10 Å². The number of hydrogen-bond acceptors (Lipinski definition) is 2. The average molecular weight is 300 g/mol. The van der Waals surface area contributed by atoms with Crippen molar-refractivity contribution in [2.75, 3.05) is 0 Å². The third-order valence-electron chi connectivity index (χ3n) is 4.29. The number of benzene rings is 3. The van der Waals surface area contributed by atoms with Crippen molar-refractivity contribution in [3.8, 4) is 0 Å². The van der Waals surface area contributed by atoms with Crippen molar-refractivity contribution in [3.05, 3.63) is 108 Å². The molecule has 1 fully saturated rings. The first-order chi connectivity index (χ1) is 11.3. The number of hydrogen-bond donors (Lipinski definition) is 0. The number of rotatable bonds is 4. The molecule has 1 aliphatic heterocycles. The van der Waals surface area contributed by atoms with Gasteiger partial charge >= 0.3 is 0 Å². The zero-order valence-electron chi connectivity index (χ0n) is 12.6. The van der Waals surface area contributed by atoms with Gasteiger partial charge in [0.15, 0.2) is 5.60 Å². The van der Waals surface area contributed by atoms with Crippen LogP contribution < -0.4 is 0 Å². The summed E-state index contributed by atoms with van der Waals surface area (Å²) in [7, 11) is 0. The molecule has 0 N–H and O–H groups in total. The molecule has 4 rings (SSSR count). The van der Waals surface area contributed by atoms with E-state index in [-0.39, 0.29) is 11.9 Å². The average Bonchev–Trinajstić information content (AvgIpc) is 3.40. The van der Waals surface area contributed by atoms with Crippen molar-refractivity contribution in [2.45, 2.75) is 11.7 Å². The molecule has 0 radical (unpaired) electrons. The van der Waals surface area contributed by atoms with Crippen molar-refractivity contribution in [1.29, 1.82) is 0 Å². The van der Waals surface area contributed by atoms with Crippen molar-refractivity contribution in [2.24, 2.45) is 0 Å². The zero-order chi connectivity index (χ0) is 15.7. The van der Waals surface area contributed by atoms with Gasteiger partial charge in [0.05, 0.1) is 0 Å². The van der Waals surface area contributed by atoms with Crippen molar-refractivity contribution >= 4 is 5.78 Å². The molecule has 0 amide bonds. The van der Waals surface area contributed by atoms with E-state index in [4.69, 9.17) is 4.74 Å². The molecule has 0 aromatic heterocycles. The van der Waals surface area contributed by atoms with E-state index >= 15 is 0 Å². The number of carbonyl (C=O) groups is 1. The lowest BCUT2D eigenvalue weighted by Gasteiger charge is -2.13. The molecule has 1 aliphatic rings. The molecule has 2 nitrogen and oxygen atoms in total. The number of ether oxygens (including phenoxy) is 1. The van der Waals surface area contributed by atoms with Gasteiger partial charge in [-0.1, -0.05) is 91.0 Å². The lowest BCUT2D eigenvalue weighted by molar-refractivity contribution is 0.0871. The maximum Gasteiger partial charge on any atom is 0.202 e. The highest BCUT2D eigenvalue weighted by Crippen LogP contribution is 2.58. The first-order valence-corrected chi connectivity index (χ1v) is 7.70. The fourth-order valence-corrected chi connectivity index (χ4v) is 3.10. The van der Waals surface area contributed by atoms with E-state index in [2.05, 4.69) is 0 Å². The molecule has 2 atom stereocenters. The summed E-state index contributed by atoms with van der Waals surface area (Å²) in [5.74, 6) is 0.0122. The summed E-state index contributed by atoms with van der Waals surface area (Å²) in [4.78, 5) is 13.2. The molecule has 1 heterocycles. The predicted octanol–water partition coefficient (Wildman–Crippen LogP) is 4.54. The number of ketones is 1. The Morgan fingerprint density at radius 2 is 1.26 bits per heavy atom. The van der Waals surface area contributed by atoms with E-state index in [0.717, 1.165) is 11.1 Å². The highest BCUT2D eigenvalue weighted by atomic mass is 16.6. The Labute approximate surface area is 135 Å². The Hall–Kier alpha value is -2.71. The summed E-state index contributed by atoms with van der Waals surface area (Å²) in [5, 5.41) is 0. The summed E-state index contributed by atoms with van der Waals surface area (Å²) < 4.78 is 6.04. The molecule has 0 saturated carbocycles. The molecule has 23 heavy (non-hydrogen) atoms. The van der Waals surface area contributed by atoms with E-state index in [1.807, 2.05) is 91.0 Å². The standard InChI is InChI=1S/C21H16O2/c22-19(16-10-4-1-5-11-16)21(18-14-8-3-9-15-18)20(23-21)17-12-6-2-7-13-17/h1-15,20H/t20-,21-/m0/s1. The minimum Gasteiger partial charge on any atom is -0.347 e.